The molecule has 2 saturated heterocycles. The Balaban J connectivity index is 0.000000238. The van der Waals surface area contributed by atoms with E-state index in [1.54, 1.807) is 0 Å². The van der Waals surface area contributed by atoms with Crippen LogP contribution in [0.3, 0.4) is 0 Å². The lowest BCUT2D eigenvalue weighted by molar-refractivity contribution is -0.141. The van der Waals surface area contributed by atoms with Crippen molar-refractivity contribution in [3.05, 3.63) is 0 Å². The van der Waals surface area contributed by atoms with Gasteiger partial charge in [-0.15, -0.1) is 0 Å². The lowest BCUT2D eigenvalue weighted by Gasteiger charge is -2.35. The Bertz CT molecular complexity index is 1170. The molecule has 5 N–H and O–H groups in total. The molecule has 0 aromatic rings. The molecule has 2 heterocycles. The molecule has 0 aromatic carbocycles. The van der Waals surface area contributed by atoms with Crippen LogP contribution < -0.4 is 11.5 Å². The Kier molecular flexibility index (Phi) is 14.0. The fraction of sp³-hybridized carbons (Fsp3) is 0.893. The SMILES string of the molecule is CC(=O)O/N=C(\N)[C@@H]1CCCCN1S(=O)(=O)CC1CCCCC1.N/C(=N\O)[C@@H]1CCCCN1S(=O)(=O)CC1CCCCC1. The van der Waals surface area contributed by atoms with Crippen LogP contribution in [0.5, 0.6) is 0 Å². The topological polar surface area (TPSA) is 198 Å². The first-order valence-electron chi connectivity index (χ1n) is 15.9. The van der Waals surface area contributed by atoms with Crippen molar-refractivity contribution >= 4 is 37.7 Å². The van der Waals surface area contributed by atoms with E-state index < -0.39 is 38.1 Å². The number of amidine groups is 2. The Morgan fingerprint density at radius 3 is 1.49 bits per heavy atom. The van der Waals surface area contributed by atoms with Gasteiger partial charge in [0.2, 0.25) is 20.0 Å². The van der Waals surface area contributed by atoms with Crippen LogP contribution in [0.1, 0.15) is 110 Å². The third-order valence-corrected chi connectivity index (χ3v) is 13.1. The van der Waals surface area contributed by atoms with Gasteiger partial charge in [-0.05, 0) is 63.2 Å². The van der Waals surface area contributed by atoms with Crippen molar-refractivity contribution in [3.63, 3.8) is 0 Å². The number of nitrogens with zero attached hydrogens (tertiary/aromatic N) is 4. The molecule has 2 saturated carbocycles. The predicted molar refractivity (Wildman–Crippen MR) is 166 cm³/mol. The maximum atomic E-state index is 12.8. The van der Waals surface area contributed by atoms with Gasteiger partial charge >= 0.3 is 5.97 Å². The number of rotatable bonds is 9. The smallest absolute Gasteiger partial charge is 0.332 e. The Morgan fingerprint density at radius 1 is 0.698 bits per heavy atom. The van der Waals surface area contributed by atoms with Gasteiger partial charge in [-0.1, -0.05) is 61.7 Å². The van der Waals surface area contributed by atoms with Crippen LogP contribution >= 0.6 is 0 Å². The van der Waals surface area contributed by atoms with Crippen molar-refractivity contribution in [2.75, 3.05) is 24.6 Å². The molecule has 0 aromatic heterocycles. The lowest BCUT2D eigenvalue weighted by Crippen LogP contribution is -2.51. The third kappa shape index (κ3) is 10.9. The van der Waals surface area contributed by atoms with E-state index in [4.69, 9.17) is 16.7 Å². The average Bonchev–Trinajstić information content (AvgIpc) is 3.00. The molecule has 4 aliphatic rings. The third-order valence-electron chi connectivity index (χ3n) is 9.04. The van der Waals surface area contributed by atoms with E-state index in [1.807, 2.05) is 0 Å². The second-order valence-corrected chi connectivity index (χ2v) is 16.4. The minimum absolute atomic E-state index is 0.0110. The van der Waals surface area contributed by atoms with Gasteiger partial charge in [0.05, 0.1) is 23.6 Å². The normalized spacial score (nSPS) is 26.3. The number of hydrogen-bond donors (Lipinski definition) is 3. The van der Waals surface area contributed by atoms with Crippen LogP contribution in [0.15, 0.2) is 10.3 Å². The minimum Gasteiger partial charge on any atom is -0.409 e. The minimum atomic E-state index is -3.38. The molecule has 0 spiro atoms. The number of carbonyl (C=O) groups is 1. The van der Waals surface area contributed by atoms with Gasteiger partial charge in [0, 0.05) is 20.0 Å². The van der Waals surface area contributed by atoms with Gasteiger partial charge in [-0.3, -0.25) is 0 Å². The Morgan fingerprint density at radius 2 is 1.09 bits per heavy atom. The number of nitrogens with two attached hydrogens (primary N) is 2. The summed E-state index contributed by atoms with van der Waals surface area (Å²) in [7, 11) is -6.71. The number of piperidine rings is 2. The number of hydrogen-bond acceptors (Lipinski definition) is 9. The monoisotopic (exact) mass is 648 g/mol. The molecular weight excluding hydrogens is 596 g/mol. The van der Waals surface area contributed by atoms with E-state index in [1.165, 1.54) is 28.4 Å². The molecule has 4 fully saturated rings. The molecule has 0 bridgehead atoms. The summed E-state index contributed by atoms with van der Waals surface area (Å²) in [5, 5.41) is 15.4. The fourth-order valence-electron chi connectivity index (χ4n) is 6.81. The van der Waals surface area contributed by atoms with E-state index >= 15 is 0 Å². The summed E-state index contributed by atoms with van der Waals surface area (Å²) >= 11 is 0. The Hall–Kier alpha value is -1.97. The summed E-state index contributed by atoms with van der Waals surface area (Å²) < 4.78 is 53.8. The van der Waals surface area contributed by atoms with Crippen molar-refractivity contribution in [1.82, 2.24) is 8.61 Å². The number of carbonyl (C=O) groups excluding carboxylic acids is 1. The van der Waals surface area contributed by atoms with E-state index in [9.17, 15) is 21.6 Å². The molecule has 43 heavy (non-hydrogen) atoms. The van der Waals surface area contributed by atoms with Crippen molar-refractivity contribution in [2.45, 2.75) is 122 Å². The molecule has 4 rings (SSSR count). The highest BCUT2D eigenvalue weighted by Gasteiger charge is 2.37. The fourth-order valence-corrected chi connectivity index (χ4v) is 11.1. The van der Waals surface area contributed by atoms with Crippen molar-refractivity contribution < 1.29 is 31.7 Å². The van der Waals surface area contributed by atoms with Crippen molar-refractivity contribution in [2.24, 2.45) is 33.6 Å². The first-order chi connectivity index (χ1) is 20.4. The first-order valence-corrected chi connectivity index (χ1v) is 19.1. The maximum absolute atomic E-state index is 12.8. The van der Waals surface area contributed by atoms with Crippen LogP contribution in [0.25, 0.3) is 0 Å². The highest BCUT2D eigenvalue weighted by molar-refractivity contribution is 7.89. The molecule has 2 aliphatic carbocycles. The predicted octanol–water partition coefficient (Wildman–Crippen LogP) is 3.08. The molecular formula is C28H52N6O7S2. The highest BCUT2D eigenvalue weighted by atomic mass is 32.2. The molecule has 0 amide bonds. The molecule has 248 valence electrons. The largest absolute Gasteiger partial charge is 0.409 e. The summed E-state index contributed by atoms with van der Waals surface area (Å²) in [6.45, 7) is 2.17. The van der Waals surface area contributed by atoms with E-state index in [0.29, 0.717) is 25.9 Å². The van der Waals surface area contributed by atoms with Gasteiger partial charge in [-0.25, -0.2) is 21.6 Å². The van der Waals surface area contributed by atoms with Gasteiger partial charge in [0.25, 0.3) is 0 Å². The quantitative estimate of drug-likeness (QED) is 0.111. The lowest BCUT2D eigenvalue weighted by atomic mass is 9.91. The molecule has 2 aliphatic heterocycles. The van der Waals surface area contributed by atoms with Crippen LogP contribution in [0, 0.1) is 11.8 Å². The molecule has 13 nitrogen and oxygen atoms in total. The van der Waals surface area contributed by atoms with E-state index in [2.05, 4.69) is 15.1 Å². The summed E-state index contributed by atoms with van der Waals surface area (Å²) in [4.78, 5) is 15.4. The van der Waals surface area contributed by atoms with Gasteiger partial charge in [0.1, 0.15) is 0 Å². The van der Waals surface area contributed by atoms with Crippen molar-refractivity contribution in [1.29, 1.82) is 0 Å². The molecule has 2 atom stereocenters. The van der Waals surface area contributed by atoms with E-state index in [0.717, 1.165) is 77.0 Å². The van der Waals surface area contributed by atoms with Crippen molar-refractivity contribution in [3.8, 4) is 0 Å². The summed E-state index contributed by atoms with van der Waals surface area (Å²) in [5.41, 5.74) is 11.5. The van der Waals surface area contributed by atoms with Gasteiger partial charge < -0.3 is 21.5 Å². The van der Waals surface area contributed by atoms with Crippen LogP contribution in [-0.2, 0) is 29.7 Å². The zero-order valence-electron chi connectivity index (χ0n) is 25.6. The van der Waals surface area contributed by atoms with E-state index in [-0.39, 0.29) is 35.0 Å². The summed E-state index contributed by atoms with van der Waals surface area (Å²) in [6, 6.07) is -0.973. The first kappa shape index (κ1) is 35.5. The van der Waals surface area contributed by atoms with Crippen LogP contribution in [0.4, 0.5) is 0 Å². The zero-order valence-corrected chi connectivity index (χ0v) is 27.2. The molecule has 0 unspecified atom stereocenters. The van der Waals surface area contributed by atoms with Crippen LogP contribution in [-0.4, -0.2) is 85.0 Å². The summed E-state index contributed by atoms with van der Waals surface area (Å²) in [5.74, 6) is 0.406. The van der Waals surface area contributed by atoms with Gasteiger partial charge in [-0.2, -0.15) is 8.61 Å². The van der Waals surface area contributed by atoms with Gasteiger partial charge in [0.15, 0.2) is 11.7 Å². The standard InChI is InChI=1S/C15H27N3O4S.C13H25N3O3S/c1-12(19)22-17-15(16)14-9-5-6-10-18(14)23(20,21)11-13-7-3-2-4-8-13;14-13(15-17)12-8-4-5-9-16(12)20(18,19)10-11-6-2-1-3-7-11/h13-14H,2-11H2,1H3,(H2,16,17);11-12,17H,1-10H2,(H2,14,15)/t14-;12-/m00/s1. The zero-order chi connectivity index (χ0) is 31.5. The average molecular weight is 649 g/mol. The maximum Gasteiger partial charge on any atom is 0.332 e. The number of oxime groups is 2. The number of sulfonamides is 2. The molecule has 15 heteroatoms. The highest BCUT2D eigenvalue weighted by Crippen LogP contribution is 2.30. The van der Waals surface area contributed by atoms with Crippen LogP contribution in [0.2, 0.25) is 0 Å². The molecule has 0 radical (unpaired) electrons. The second kappa shape index (κ2) is 16.9. The second-order valence-electron chi connectivity index (χ2n) is 12.4. The Labute approximate surface area is 257 Å². The summed E-state index contributed by atoms with van der Waals surface area (Å²) in [6.07, 6.45) is 15.6.